The van der Waals surface area contributed by atoms with E-state index in [1.807, 2.05) is 25.3 Å². The molecule has 356 valence electrons. The number of urea groups is 1. The summed E-state index contributed by atoms with van der Waals surface area (Å²) < 4.78 is 39.5. The molecule has 2 saturated heterocycles. The van der Waals surface area contributed by atoms with Gasteiger partial charge in [-0.05, 0) is 56.6 Å². The van der Waals surface area contributed by atoms with Gasteiger partial charge in [-0.25, -0.2) is 23.9 Å². The number of aliphatic carboxylic acids is 1. The minimum absolute atomic E-state index is 0.00139. The van der Waals surface area contributed by atoms with Crippen LogP contribution in [0.2, 0.25) is 0 Å². The second kappa shape index (κ2) is 19.7. The van der Waals surface area contributed by atoms with E-state index in [1.165, 1.54) is 30.3 Å². The molecule has 0 spiro atoms. The lowest BCUT2D eigenvalue weighted by Crippen LogP contribution is -2.61. The Morgan fingerprint density at radius 3 is 2.35 bits per heavy atom. The Morgan fingerprint density at radius 2 is 1.71 bits per heavy atom. The first-order valence-corrected chi connectivity index (χ1v) is 24.3. The Bertz CT molecular complexity index is 2390. The van der Waals surface area contributed by atoms with E-state index in [0.29, 0.717) is 56.1 Å². The van der Waals surface area contributed by atoms with Crippen molar-refractivity contribution in [3.8, 4) is 22.9 Å². The number of rotatable bonds is 12. The lowest BCUT2D eigenvalue weighted by atomic mass is 9.86. The molecule has 21 heteroatoms. The van der Waals surface area contributed by atoms with E-state index in [-0.39, 0.29) is 37.8 Å². The summed E-state index contributed by atoms with van der Waals surface area (Å²) in [4.78, 5) is 80.7. The average Bonchev–Trinajstić information content (AvgIpc) is 3.50. The number of thiazole rings is 1. The minimum Gasteiger partial charge on any atom is -0.497 e. The van der Waals surface area contributed by atoms with Gasteiger partial charge in [0.1, 0.15) is 47.0 Å². The number of anilines is 1. The summed E-state index contributed by atoms with van der Waals surface area (Å²) in [6, 6.07) is 2.70. The molecule has 3 fully saturated rings. The number of hydrogen-bond acceptors (Lipinski definition) is 13. The Morgan fingerprint density at radius 1 is 1.02 bits per heavy atom. The first-order valence-electron chi connectivity index (χ1n) is 22.1. The van der Waals surface area contributed by atoms with Crippen molar-refractivity contribution in [3.05, 3.63) is 29.6 Å². The Kier molecular flexibility index (Phi) is 14.9. The zero-order valence-corrected chi connectivity index (χ0v) is 40.2. The fourth-order valence-corrected chi connectivity index (χ4v) is 10.2. The number of benzene rings is 1. The number of nitrogens with zero attached hydrogens (tertiary/aromatic N) is 5. The summed E-state index contributed by atoms with van der Waals surface area (Å²) >= 11 is 1.43. The number of likely N-dealkylation sites (N-methyl/N-ethyl adjacent to an activating group) is 1. The third-order valence-corrected chi connectivity index (χ3v) is 14.9. The summed E-state index contributed by atoms with van der Waals surface area (Å²) in [7, 11) is 1.05. The maximum absolute atomic E-state index is 14.9. The number of carbonyl (C=O) groups excluding carboxylic acids is 4. The standard InChI is InChI=1S/C44H63N9O10S2/c1-25(2)45-42-48-33(24-64-42)32-21-35(29-18-17-27(62-9)19-31(29)46-32)63-28-20-34-37(54)50-44(40(57)58)22-26(44)15-13-11-10-12-14-16-30(38(55)53(34)23-28)47-41(59)49-36(43(3,4)5)39(56)52(8)65(60,61)51(6)7/h17-19,21,24-26,28,30,34,36H,10-16,20,22-23H2,1-9H3,(H,45,48)(H,50,54)(H,57,58)(H2,47,49,59)/t26?,28-,30+,34+,36-,44-/m1/s1. The quantitative estimate of drug-likeness (QED) is 0.167. The summed E-state index contributed by atoms with van der Waals surface area (Å²) in [5, 5.41) is 25.2. The molecule has 0 radical (unpaired) electrons. The zero-order valence-electron chi connectivity index (χ0n) is 38.6. The number of carbonyl (C=O) groups is 5. The maximum Gasteiger partial charge on any atom is 0.329 e. The van der Waals surface area contributed by atoms with Gasteiger partial charge in [-0.15, -0.1) is 11.3 Å². The highest BCUT2D eigenvalue weighted by molar-refractivity contribution is 7.87. The highest BCUT2D eigenvalue weighted by Crippen LogP contribution is 2.48. The summed E-state index contributed by atoms with van der Waals surface area (Å²) in [6.45, 7) is 8.96. The molecule has 5 N–H and O–H groups in total. The van der Waals surface area contributed by atoms with Crippen LogP contribution in [0.3, 0.4) is 0 Å². The number of nitrogens with one attached hydrogen (secondary N) is 4. The number of methoxy groups -OCH3 is 1. The van der Waals surface area contributed by atoms with E-state index in [0.717, 1.165) is 37.0 Å². The molecule has 65 heavy (non-hydrogen) atoms. The summed E-state index contributed by atoms with van der Waals surface area (Å²) in [5.41, 5.74) is -0.745. The minimum atomic E-state index is -4.19. The monoisotopic (exact) mass is 941 g/mol. The van der Waals surface area contributed by atoms with Gasteiger partial charge >= 0.3 is 22.2 Å². The van der Waals surface area contributed by atoms with Gasteiger partial charge in [0.05, 0.1) is 24.9 Å². The van der Waals surface area contributed by atoms with E-state index in [4.69, 9.17) is 19.4 Å². The molecule has 1 aliphatic carbocycles. The average molecular weight is 942 g/mol. The van der Waals surface area contributed by atoms with Crippen LogP contribution < -0.4 is 30.7 Å². The van der Waals surface area contributed by atoms with Crippen molar-refractivity contribution in [3.63, 3.8) is 0 Å². The molecule has 3 aliphatic rings. The number of fused-ring (bicyclic) bond motifs is 3. The number of aromatic nitrogens is 2. The van der Waals surface area contributed by atoms with Crippen LogP contribution in [-0.4, -0.2) is 137 Å². The Balaban J connectivity index is 1.33. The van der Waals surface area contributed by atoms with Crippen LogP contribution in [0, 0.1) is 11.3 Å². The largest absolute Gasteiger partial charge is 0.497 e. The second-order valence-corrected chi connectivity index (χ2v) is 21.8. The highest BCUT2D eigenvalue weighted by Gasteiger charge is 2.62. The van der Waals surface area contributed by atoms with E-state index in [9.17, 15) is 37.5 Å². The van der Waals surface area contributed by atoms with Gasteiger partial charge in [0.15, 0.2) is 5.13 Å². The van der Waals surface area contributed by atoms with E-state index < -0.39 is 75.1 Å². The fourth-order valence-electron chi connectivity index (χ4n) is 8.49. The van der Waals surface area contributed by atoms with Crippen LogP contribution in [0.15, 0.2) is 29.6 Å². The number of ether oxygens (including phenoxy) is 2. The molecule has 1 unspecified atom stereocenters. The van der Waals surface area contributed by atoms with Crippen molar-refractivity contribution in [2.75, 3.05) is 40.1 Å². The molecular weight excluding hydrogens is 879 g/mol. The number of amides is 5. The first-order chi connectivity index (χ1) is 30.5. The lowest BCUT2D eigenvalue weighted by Gasteiger charge is -2.34. The lowest BCUT2D eigenvalue weighted by molar-refractivity contribution is -0.145. The molecule has 6 rings (SSSR count). The topological polar surface area (TPSA) is 242 Å². The van der Waals surface area contributed by atoms with Gasteiger partial charge in [-0.1, -0.05) is 52.9 Å². The third-order valence-electron chi connectivity index (χ3n) is 12.3. The van der Waals surface area contributed by atoms with Crippen LogP contribution in [0.4, 0.5) is 9.93 Å². The van der Waals surface area contributed by atoms with Crippen molar-refractivity contribution >= 4 is 67.3 Å². The number of pyridine rings is 1. The zero-order chi connectivity index (χ0) is 47.6. The summed E-state index contributed by atoms with van der Waals surface area (Å²) in [5.74, 6) is -2.53. The predicted molar refractivity (Wildman–Crippen MR) is 246 cm³/mol. The van der Waals surface area contributed by atoms with Gasteiger partial charge in [0, 0.05) is 56.5 Å². The second-order valence-electron chi connectivity index (χ2n) is 18.8. The molecule has 1 saturated carbocycles. The van der Waals surface area contributed by atoms with Gasteiger partial charge < -0.3 is 40.7 Å². The van der Waals surface area contributed by atoms with Crippen LogP contribution in [0.1, 0.15) is 92.4 Å². The van der Waals surface area contributed by atoms with Crippen LogP contribution in [0.5, 0.6) is 11.5 Å². The fraction of sp³-hybridized carbons (Fsp3) is 0.614. The van der Waals surface area contributed by atoms with E-state index >= 15 is 0 Å². The molecule has 3 aromatic rings. The highest BCUT2D eigenvalue weighted by atomic mass is 32.2. The van der Waals surface area contributed by atoms with E-state index in [1.54, 1.807) is 46.1 Å². The maximum atomic E-state index is 14.9. The summed E-state index contributed by atoms with van der Waals surface area (Å²) in [6.07, 6.45) is 3.99. The Hall–Kier alpha value is -5.28. The molecule has 6 atom stereocenters. The van der Waals surface area contributed by atoms with Crippen molar-refractivity contribution < 1.29 is 47.0 Å². The normalized spacial score (nSPS) is 23.6. The smallest absolute Gasteiger partial charge is 0.329 e. The molecule has 0 bridgehead atoms. The van der Waals surface area contributed by atoms with Gasteiger partial charge in [0.2, 0.25) is 11.8 Å². The third kappa shape index (κ3) is 11.1. The number of carboxylic acids is 1. The van der Waals surface area contributed by atoms with Crippen molar-refractivity contribution in [2.24, 2.45) is 11.3 Å². The molecule has 2 aliphatic heterocycles. The van der Waals surface area contributed by atoms with Crippen LogP contribution in [0.25, 0.3) is 22.3 Å². The van der Waals surface area contributed by atoms with Gasteiger partial charge in [-0.2, -0.15) is 12.7 Å². The molecule has 2 aromatic heterocycles. The predicted octanol–water partition coefficient (Wildman–Crippen LogP) is 4.59. The van der Waals surface area contributed by atoms with Gasteiger partial charge in [0.25, 0.3) is 5.91 Å². The van der Waals surface area contributed by atoms with Crippen molar-refractivity contribution in [2.45, 2.75) is 128 Å². The van der Waals surface area contributed by atoms with Crippen LogP contribution >= 0.6 is 11.3 Å². The van der Waals surface area contributed by atoms with Crippen LogP contribution in [-0.2, 0) is 29.4 Å². The molecule has 19 nitrogen and oxygen atoms in total. The number of hydrogen-bond donors (Lipinski definition) is 5. The first kappa shape index (κ1) is 49.2. The Labute approximate surface area is 384 Å². The van der Waals surface area contributed by atoms with Crippen molar-refractivity contribution in [1.82, 2.24) is 39.4 Å². The molecule has 5 amide bonds. The van der Waals surface area contributed by atoms with Gasteiger partial charge in [-0.3, -0.25) is 14.4 Å². The SMILES string of the molecule is COc1ccc2c(O[C@@H]3C[C@H]4C(=O)N[C@]5(C(=O)O)CC5CCCCCCC[C@H](NC(=O)N[C@H](C(=O)N(C)S(=O)(=O)N(C)C)C(C)(C)C)C(=O)N4C3)cc(-c3csc(NC(C)C)n3)nc2c1. The number of carboxylic acid groups (broad SMARTS) is 1. The van der Waals surface area contributed by atoms with Crippen molar-refractivity contribution in [1.29, 1.82) is 0 Å². The molecule has 1 aromatic carbocycles. The molecular formula is C44H63N9O10S2. The van der Waals surface area contributed by atoms with E-state index in [2.05, 4.69) is 21.3 Å². The molecule has 4 heterocycles.